The van der Waals surface area contributed by atoms with Gasteiger partial charge < -0.3 is 0 Å². The van der Waals surface area contributed by atoms with Gasteiger partial charge in [0.15, 0.2) is 0 Å². The van der Waals surface area contributed by atoms with E-state index in [1.165, 1.54) is 25.7 Å². The van der Waals surface area contributed by atoms with Crippen LogP contribution in [0.4, 0.5) is 0 Å². The van der Waals surface area contributed by atoms with Crippen LogP contribution in [0.15, 0.2) is 0 Å². The van der Waals surface area contributed by atoms with Gasteiger partial charge in [0.05, 0.1) is 0 Å². The Kier molecular flexibility index (Phi) is 2.61. The van der Waals surface area contributed by atoms with Gasteiger partial charge in [0.1, 0.15) is 0 Å². The van der Waals surface area contributed by atoms with Crippen molar-refractivity contribution in [2.45, 2.75) is 53.4 Å². The Labute approximate surface area is 71.4 Å². The fourth-order valence-corrected chi connectivity index (χ4v) is 2.23. The predicted molar refractivity (Wildman–Crippen MR) is 50.6 cm³/mol. The second-order valence-electron chi connectivity index (χ2n) is 4.91. The van der Waals surface area contributed by atoms with E-state index in [0.29, 0.717) is 5.41 Å². The fourth-order valence-electron chi connectivity index (χ4n) is 2.23. The van der Waals surface area contributed by atoms with Crippen molar-refractivity contribution in [3.63, 3.8) is 0 Å². The second-order valence-corrected chi connectivity index (χ2v) is 4.91. The Balaban J connectivity index is 2.28. The van der Waals surface area contributed by atoms with E-state index >= 15 is 0 Å². The van der Waals surface area contributed by atoms with E-state index in [9.17, 15) is 0 Å². The topological polar surface area (TPSA) is 0 Å². The van der Waals surface area contributed by atoms with E-state index in [-0.39, 0.29) is 0 Å². The summed E-state index contributed by atoms with van der Waals surface area (Å²) in [5.41, 5.74) is 0.634. The van der Waals surface area contributed by atoms with Gasteiger partial charge in [0.25, 0.3) is 0 Å². The molecular weight excluding hydrogens is 132 g/mol. The summed E-state index contributed by atoms with van der Waals surface area (Å²) in [4.78, 5) is 0. The Bertz CT molecular complexity index is 124. The number of hydrogen-bond donors (Lipinski definition) is 0. The smallest absolute Gasteiger partial charge is 0.0323 e. The molecule has 1 rings (SSSR count). The van der Waals surface area contributed by atoms with E-state index in [0.717, 1.165) is 11.8 Å². The molecule has 0 radical (unpaired) electrons. The SMILES string of the molecule is CCCCC(C)(C)C1CC1C. The molecular formula is C11H22. The summed E-state index contributed by atoms with van der Waals surface area (Å²) in [5.74, 6) is 2.05. The first-order valence-corrected chi connectivity index (χ1v) is 5.08. The largest absolute Gasteiger partial charge is 0.0654 e. The van der Waals surface area contributed by atoms with Crippen LogP contribution in [0.5, 0.6) is 0 Å². The zero-order valence-electron chi connectivity index (χ0n) is 8.48. The summed E-state index contributed by atoms with van der Waals surface area (Å²) in [7, 11) is 0. The molecule has 2 unspecified atom stereocenters. The molecule has 11 heavy (non-hydrogen) atoms. The molecule has 0 amide bonds. The molecule has 2 atom stereocenters. The first-order valence-electron chi connectivity index (χ1n) is 5.08. The number of rotatable bonds is 4. The van der Waals surface area contributed by atoms with Gasteiger partial charge >= 0.3 is 0 Å². The van der Waals surface area contributed by atoms with E-state index in [1.807, 2.05) is 0 Å². The third-order valence-corrected chi connectivity index (χ3v) is 3.29. The summed E-state index contributed by atoms with van der Waals surface area (Å²) >= 11 is 0. The zero-order valence-corrected chi connectivity index (χ0v) is 8.48. The van der Waals surface area contributed by atoms with Crippen LogP contribution < -0.4 is 0 Å². The molecule has 66 valence electrons. The molecule has 0 spiro atoms. The highest BCUT2D eigenvalue weighted by atomic mass is 14.5. The highest BCUT2D eigenvalue weighted by Crippen LogP contribution is 2.52. The van der Waals surface area contributed by atoms with Gasteiger partial charge in [-0.05, 0) is 30.1 Å². The van der Waals surface area contributed by atoms with Crippen molar-refractivity contribution in [2.24, 2.45) is 17.3 Å². The second kappa shape index (κ2) is 3.16. The van der Waals surface area contributed by atoms with Crippen LogP contribution in [0.2, 0.25) is 0 Å². The van der Waals surface area contributed by atoms with Crippen molar-refractivity contribution in [3.05, 3.63) is 0 Å². The standard InChI is InChI=1S/C11H22/c1-5-6-7-11(3,4)10-8-9(10)2/h9-10H,5-8H2,1-4H3. The minimum Gasteiger partial charge on any atom is -0.0654 e. The lowest BCUT2D eigenvalue weighted by atomic mass is 9.81. The van der Waals surface area contributed by atoms with Crippen LogP contribution in [0, 0.1) is 17.3 Å². The Morgan fingerprint density at radius 1 is 1.36 bits per heavy atom. The minimum atomic E-state index is 0.634. The highest BCUT2D eigenvalue weighted by molar-refractivity contribution is 4.93. The van der Waals surface area contributed by atoms with Crippen molar-refractivity contribution in [3.8, 4) is 0 Å². The third kappa shape index (κ3) is 2.21. The molecule has 0 aromatic carbocycles. The summed E-state index contributed by atoms with van der Waals surface area (Å²) in [6, 6.07) is 0. The number of hydrogen-bond acceptors (Lipinski definition) is 0. The Hall–Kier alpha value is 0. The van der Waals surface area contributed by atoms with E-state index < -0.39 is 0 Å². The van der Waals surface area contributed by atoms with Gasteiger partial charge in [-0.25, -0.2) is 0 Å². The monoisotopic (exact) mass is 154 g/mol. The zero-order chi connectivity index (χ0) is 8.48. The van der Waals surface area contributed by atoms with Gasteiger partial charge in [0.2, 0.25) is 0 Å². The van der Waals surface area contributed by atoms with Crippen LogP contribution in [-0.2, 0) is 0 Å². The third-order valence-electron chi connectivity index (χ3n) is 3.29. The normalized spacial score (nSPS) is 30.5. The molecule has 0 aliphatic heterocycles. The van der Waals surface area contributed by atoms with Crippen LogP contribution in [0.1, 0.15) is 53.4 Å². The molecule has 1 saturated carbocycles. The summed E-state index contributed by atoms with van der Waals surface area (Å²) in [6.07, 6.45) is 5.68. The Morgan fingerprint density at radius 3 is 2.27 bits per heavy atom. The van der Waals surface area contributed by atoms with Crippen molar-refractivity contribution in [1.82, 2.24) is 0 Å². The molecule has 1 aliphatic carbocycles. The van der Waals surface area contributed by atoms with Gasteiger partial charge in [-0.15, -0.1) is 0 Å². The van der Waals surface area contributed by atoms with E-state index in [2.05, 4.69) is 27.7 Å². The molecule has 0 bridgehead atoms. The van der Waals surface area contributed by atoms with Gasteiger partial charge in [-0.3, -0.25) is 0 Å². The lowest BCUT2D eigenvalue weighted by Crippen LogP contribution is -2.14. The van der Waals surface area contributed by atoms with E-state index in [1.54, 1.807) is 0 Å². The number of unbranched alkanes of at least 4 members (excludes halogenated alkanes) is 1. The summed E-state index contributed by atoms with van der Waals surface area (Å²) in [6.45, 7) is 9.55. The first kappa shape index (κ1) is 9.09. The quantitative estimate of drug-likeness (QED) is 0.577. The van der Waals surface area contributed by atoms with Crippen LogP contribution in [0.3, 0.4) is 0 Å². The molecule has 0 heteroatoms. The van der Waals surface area contributed by atoms with Crippen molar-refractivity contribution in [2.75, 3.05) is 0 Å². The fraction of sp³-hybridized carbons (Fsp3) is 1.00. The van der Waals surface area contributed by atoms with E-state index in [4.69, 9.17) is 0 Å². The lowest BCUT2D eigenvalue weighted by Gasteiger charge is -2.24. The van der Waals surface area contributed by atoms with Crippen molar-refractivity contribution in [1.29, 1.82) is 0 Å². The molecule has 0 N–H and O–H groups in total. The average Bonchev–Trinajstić information content (AvgIpc) is 2.63. The average molecular weight is 154 g/mol. The van der Waals surface area contributed by atoms with Gasteiger partial charge in [0, 0.05) is 0 Å². The summed E-state index contributed by atoms with van der Waals surface area (Å²) in [5, 5.41) is 0. The van der Waals surface area contributed by atoms with Gasteiger partial charge in [-0.2, -0.15) is 0 Å². The highest BCUT2D eigenvalue weighted by Gasteiger charge is 2.43. The molecule has 0 saturated heterocycles. The van der Waals surface area contributed by atoms with Crippen molar-refractivity contribution >= 4 is 0 Å². The lowest BCUT2D eigenvalue weighted by molar-refractivity contribution is 0.263. The Morgan fingerprint density at radius 2 is 1.91 bits per heavy atom. The van der Waals surface area contributed by atoms with Gasteiger partial charge in [-0.1, -0.05) is 40.5 Å². The molecule has 1 fully saturated rings. The maximum atomic E-state index is 2.44. The predicted octanol–water partition coefficient (Wildman–Crippen LogP) is 3.86. The van der Waals surface area contributed by atoms with Crippen LogP contribution in [0.25, 0.3) is 0 Å². The van der Waals surface area contributed by atoms with Crippen LogP contribution in [-0.4, -0.2) is 0 Å². The molecule has 1 aliphatic rings. The molecule has 0 heterocycles. The van der Waals surface area contributed by atoms with Crippen molar-refractivity contribution < 1.29 is 0 Å². The molecule has 0 aromatic heterocycles. The van der Waals surface area contributed by atoms with Crippen LogP contribution >= 0.6 is 0 Å². The molecule has 0 nitrogen and oxygen atoms in total. The maximum absolute atomic E-state index is 2.44. The summed E-state index contributed by atoms with van der Waals surface area (Å²) < 4.78 is 0. The molecule has 0 aromatic rings. The minimum absolute atomic E-state index is 0.634. The first-order chi connectivity index (χ1) is 5.08. The maximum Gasteiger partial charge on any atom is -0.0323 e.